The van der Waals surface area contributed by atoms with Crippen molar-refractivity contribution in [1.29, 1.82) is 0 Å². The fraction of sp³-hybridized carbons (Fsp3) is 0.360. The number of aromatic nitrogens is 2. The van der Waals surface area contributed by atoms with Crippen molar-refractivity contribution < 1.29 is 14.4 Å². The molecule has 0 saturated carbocycles. The van der Waals surface area contributed by atoms with Gasteiger partial charge in [0, 0.05) is 24.7 Å². The first-order valence-electron chi connectivity index (χ1n) is 11.0. The van der Waals surface area contributed by atoms with E-state index in [0.29, 0.717) is 30.0 Å². The minimum atomic E-state index is -0.672. The molecule has 0 atom stereocenters. The maximum atomic E-state index is 13.1. The molecule has 0 aliphatic carbocycles. The Morgan fingerprint density at radius 2 is 1.97 bits per heavy atom. The molecular weight excluding hydrogens is 418 g/mol. The number of H-pyrrole nitrogens is 1. The predicted molar refractivity (Wildman–Crippen MR) is 130 cm³/mol. The number of amides is 2. The molecule has 0 bridgehead atoms. The van der Waals surface area contributed by atoms with Crippen molar-refractivity contribution in [3.8, 4) is 0 Å². The van der Waals surface area contributed by atoms with Gasteiger partial charge in [0.15, 0.2) is 0 Å². The van der Waals surface area contributed by atoms with Gasteiger partial charge < -0.3 is 14.7 Å². The van der Waals surface area contributed by atoms with Gasteiger partial charge in [-0.2, -0.15) is 0 Å². The van der Waals surface area contributed by atoms with Crippen LogP contribution in [0, 0.1) is 0 Å². The normalized spacial score (nSPS) is 15.3. The molecule has 1 aliphatic rings. The van der Waals surface area contributed by atoms with Crippen molar-refractivity contribution in [2.75, 3.05) is 16.8 Å². The lowest BCUT2D eigenvalue weighted by Gasteiger charge is -2.19. The van der Waals surface area contributed by atoms with E-state index in [2.05, 4.69) is 20.4 Å². The summed E-state index contributed by atoms with van der Waals surface area (Å²) in [6.07, 6.45) is 2.26. The second kappa shape index (κ2) is 8.35. The summed E-state index contributed by atoms with van der Waals surface area (Å²) < 4.78 is 0. The first kappa shape index (κ1) is 22.5. The van der Waals surface area contributed by atoms with Gasteiger partial charge in [0.05, 0.1) is 22.1 Å². The van der Waals surface area contributed by atoms with Crippen LogP contribution in [0.2, 0.25) is 0 Å². The number of nitrogens with zero attached hydrogens (tertiary/aromatic N) is 3. The van der Waals surface area contributed by atoms with E-state index in [1.807, 2.05) is 65.0 Å². The molecule has 1 aromatic heterocycles. The third kappa shape index (κ3) is 4.60. The standard InChI is InChI=1S/C25H29N5O3/c1-24(2,3)33-26-12-9-13-30-20-15-19-18(14-17(20)25(4,5)22(30)32)27-23(28-19)29-21(31)16-10-7-6-8-11-16/h6-8,10-12,14-15H,9,13H2,1-5H3,(H2,27,28,29,31)/b26-12-. The number of aromatic amines is 1. The number of hydrogen-bond acceptors (Lipinski definition) is 5. The lowest BCUT2D eigenvalue weighted by Crippen LogP contribution is -2.36. The summed E-state index contributed by atoms with van der Waals surface area (Å²) in [5, 5.41) is 6.81. The number of nitrogens with one attached hydrogen (secondary N) is 2. The smallest absolute Gasteiger partial charge is 0.257 e. The van der Waals surface area contributed by atoms with Crippen molar-refractivity contribution in [2.45, 2.75) is 52.1 Å². The van der Waals surface area contributed by atoms with E-state index in [-0.39, 0.29) is 17.4 Å². The van der Waals surface area contributed by atoms with Gasteiger partial charge in [0.1, 0.15) is 5.60 Å². The lowest BCUT2D eigenvalue weighted by atomic mass is 9.86. The molecule has 0 unspecified atom stereocenters. The van der Waals surface area contributed by atoms with Crippen LogP contribution in [0.1, 0.15) is 57.0 Å². The molecular formula is C25H29N5O3. The van der Waals surface area contributed by atoms with Gasteiger partial charge in [-0.3, -0.25) is 14.9 Å². The number of carbonyl (C=O) groups excluding carboxylic acids is 2. The Balaban J connectivity index is 1.56. The van der Waals surface area contributed by atoms with E-state index in [4.69, 9.17) is 4.84 Å². The van der Waals surface area contributed by atoms with E-state index in [1.165, 1.54) is 0 Å². The first-order valence-corrected chi connectivity index (χ1v) is 11.0. The summed E-state index contributed by atoms with van der Waals surface area (Å²) in [6.45, 7) is 10.1. The Morgan fingerprint density at radius 1 is 1.24 bits per heavy atom. The maximum Gasteiger partial charge on any atom is 0.257 e. The number of benzene rings is 2. The lowest BCUT2D eigenvalue weighted by molar-refractivity contribution is -0.122. The van der Waals surface area contributed by atoms with Crippen molar-refractivity contribution in [3.05, 3.63) is 53.6 Å². The van der Waals surface area contributed by atoms with Crippen LogP contribution in [-0.4, -0.2) is 40.1 Å². The largest absolute Gasteiger partial charge is 0.390 e. The van der Waals surface area contributed by atoms with Gasteiger partial charge in [-0.15, -0.1) is 0 Å². The van der Waals surface area contributed by atoms with E-state index >= 15 is 0 Å². The summed E-state index contributed by atoms with van der Waals surface area (Å²) in [5.74, 6) is 0.161. The molecule has 0 saturated heterocycles. The summed E-state index contributed by atoms with van der Waals surface area (Å²) in [5.41, 5.74) is 2.72. The van der Waals surface area contributed by atoms with Gasteiger partial charge in [-0.05, 0) is 64.4 Å². The molecule has 4 rings (SSSR count). The van der Waals surface area contributed by atoms with E-state index in [0.717, 1.165) is 16.8 Å². The number of fused-ring (bicyclic) bond motifs is 2. The molecule has 0 fully saturated rings. The quantitative estimate of drug-likeness (QED) is 0.425. The van der Waals surface area contributed by atoms with Gasteiger partial charge in [0.25, 0.3) is 5.91 Å². The third-order valence-electron chi connectivity index (χ3n) is 5.49. The molecule has 8 heteroatoms. The van der Waals surface area contributed by atoms with Gasteiger partial charge in [-0.25, -0.2) is 4.98 Å². The number of hydrogen-bond donors (Lipinski definition) is 2. The average molecular weight is 448 g/mol. The number of carbonyl (C=O) groups is 2. The summed E-state index contributed by atoms with van der Waals surface area (Å²) in [6, 6.07) is 12.8. The van der Waals surface area contributed by atoms with Gasteiger partial charge in [0.2, 0.25) is 11.9 Å². The predicted octanol–water partition coefficient (Wildman–Crippen LogP) is 4.63. The topological polar surface area (TPSA) is 99.7 Å². The summed E-state index contributed by atoms with van der Waals surface area (Å²) in [7, 11) is 0. The average Bonchev–Trinajstić information content (AvgIpc) is 3.23. The SMILES string of the molecule is CC(C)(C)O/N=C\CCN1C(=O)C(C)(C)c2cc3nc(NC(=O)c4ccccc4)[nH]c3cc21. The zero-order valence-corrected chi connectivity index (χ0v) is 19.6. The first-order chi connectivity index (χ1) is 15.6. The zero-order valence-electron chi connectivity index (χ0n) is 19.6. The Bertz CT molecular complexity index is 1220. The number of imidazole rings is 1. The highest BCUT2D eigenvalue weighted by Crippen LogP contribution is 2.43. The van der Waals surface area contributed by atoms with Crippen LogP contribution in [-0.2, 0) is 15.0 Å². The van der Waals surface area contributed by atoms with Crippen LogP contribution in [0.4, 0.5) is 11.6 Å². The third-order valence-corrected chi connectivity index (χ3v) is 5.49. The molecule has 2 N–H and O–H groups in total. The van der Waals surface area contributed by atoms with E-state index < -0.39 is 5.41 Å². The van der Waals surface area contributed by atoms with Crippen LogP contribution < -0.4 is 10.2 Å². The monoisotopic (exact) mass is 447 g/mol. The highest BCUT2D eigenvalue weighted by molar-refractivity contribution is 6.10. The zero-order chi connectivity index (χ0) is 23.8. The molecule has 172 valence electrons. The highest BCUT2D eigenvalue weighted by atomic mass is 16.6. The van der Waals surface area contributed by atoms with Crippen molar-refractivity contribution in [2.24, 2.45) is 5.16 Å². The Labute approximate surface area is 193 Å². The molecule has 8 nitrogen and oxygen atoms in total. The highest BCUT2D eigenvalue weighted by Gasteiger charge is 2.44. The molecule has 33 heavy (non-hydrogen) atoms. The molecule has 2 amide bonds. The molecule has 2 aromatic carbocycles. The Hall–Kier alpha value is -3.68. The molecule has 3 aromatic rings. The minimum Gasteiger partial charge on any atom is -0.390 e. The van der Waals surface area contributed by atoms with E-state index in [1.54, 1.807) is 23.2 Å². The van der Waals surface area contributed by atoms with Crippen molar-refractivity contribution in [1.82, 2.24) is 9.97 Å². The second-order valence-corrected chi connectivity index (χ2v) is 9.65. The molecule has 2 heterocycles. The Morgan fingerprint density at radius 3 is 2.67 bits per heavy atom. The van der Waals surface area contributed by atoms with Crippen molar-refractivity contribution in [3.63, 3.8) is 0 Å². The summed E-state index contributed by atoms with van der Waals surface area (Å²) in [4.78, 5) is 40.4. The van der Waals surface area contributed by atoms with Gasteiger partial charge >= 0.3 is 0 Å². The van der Waals surface area contributed by atoms with E-state index in [9.17, 15) is 9.59 Å². The molecule has 0 radical (unpaired) electrons. The fourth-order valence-electron chi connectivity index (χ4n) is 3.82. The number of oxime groups is 1. The van der Waals surface area contributed by atoms with Crippen molar-refractivity contribution >= 4 is 40.7 Å². The summed E-state index contributed by atoms with van der Waals surface area (Å²) >= 11 is 0. The van der Waals surface area contributed by atoms with Crippen LogP contribution in [0.25, 0.3) is 11.0 Å². The van der Waals surface area contributed by atoms with Gasteiger partial charge in [-0.1, -0.05) is 23.4 Å². The van der Waals surface area contributed by atoms with Crippen LogP contribution in [0.5, 0.6) is 0 Å². The molecule has 1 aliphatic heterocycles. The van der Waals surface area contributed by atoms with Crippen LogP contribution in [0.3, 0.4) is 0 Å². The second-order valence-electron chi connectivity index (χ2n) is 9.65. The number of anilines is 2. The maximum absolute atomic E-state index is 13.1. The molecule has 0 spiro atoms. The van der Waals surface area contributed by atoms with Crippen LogP contribution >= 0.6 is 0 Å². The van der Waals surface area contributed by atoms with Crippen LogP contribution in [0.15, 0.2) is 47.6 Å². The number of rotatable bonds is 6. The Kier molecular flexibility index (Phi) is 5.69. The fourth-order valence-corrected chi connectivity index (χ4v) is 3.82. The minimum absolute atomic E-state index is 0.0351.